The van der Waals surface area contributed by atoms with Gasteiger partial charge in [-0.15, -0.1) is 0 Å². The van der Waals surface area contributed by atoms with Gasteiger partial charge in [-0.1, -0.05) is 36.8 Å². The second-order valence-electron chi connectivity index (χ2n) is 6.17. The molecular formula is C19H26N4O2. The first-order valence-corrected chi connectivity index (χ1v) is 8.57. The summed E-state index contributed by atoms with van der Waals surface area (Å²) in [6.07, 6.45) is 2.18. The van der Waals surface area contributed by atoms with Gasteiger partial charge in [0.15, 0.2) is 0 Å². The Hall–Kier alpha value is -2.44. The van der Waals surface area contributed by atoms with Gasteiger partial charge in [0, 0.05) is 5.69 Å². The molecule has 0 bridgehead atoms. The van der Waals surface area contributed by atoms with Crippen LogP contribution in [0.1, 0.15) is 26.2 Å². The van der Waals surface area contributed by atoms with Crippen molar-refractivity contribution >= 4 is 28.3 Å². The minimum atomic E-state index is -0.667. The Balaban J connectivity index is 1.89. The predicted molar refractivity (Wildman–Crippen MR) is 101 cm³/mol. The molecule has 2 amide bonds. The predicted octanol–water partition coefficient (Wildman–Crippen LogP) is 1.74. The van der Waals surface area contributed by atoms with Gasteiger partial charge >= 0.3 is 0 Å². The maximum absolute atomic E-state index is 12.3. The maximum Gasteiger partial charge on any atom is 0.246 e. The van der Waals surface area contributed by atoms with Gasteiger partial charge in [0.05, 0.1) is 6.04 Å². The first-order valence-electron chi connectivity index (χ1n) is 8.57. The highest BCUT2D eigenvalue weighted by atomic mass is 16.2. The molecule has 2 aromatic carbocycles. The van der Waals surface area contributed by atoms with E-state index in [1.165, 1.54) is 0 Å². The van der Waals surface area contributed by atoms with E-state index >= 15 is 0 Å². The SMILES string of the molecule is C[C@H](NC(=O)[C@@H](N)CCCCN)C(=O)Nc1ccc2ccccc2c1. The van der Waals surface area contributed by atoms with Crippen LogP contribution in [0.15, 0.2) is 42.5 Å². The summed E-state index contributed by atoms with van der Waals surface area (Å²) in [5.41, 5.74) is 12.0. The number of nitrogens with one attached hydrogen (secondary N) is 2. The number of hydrogen-bond acceptors (Lipinski definition) is 4. The van der Waals surface area contributed by atoms with Gasteiger partial charge in [0.25, 0.3) is 0 Å². The van der Waals surface area contributed by atoms with E-state index in [4.69, 9.17) is 11.5 Å². The molecule has 6 heteroatoms. The number of anilines is 1. The number of amides is 2. The standard InChI is InChI=1S/C19H26N4O2/c1-13(22-19(25)17(21)8-4-5-11-20)18(24)23-16-10-9-14-6-2-3-7-15(14)12-16/h2-3,6-7,9-10,12-13,17H,4-5,8,11,20-21H2,1H3,(H,22,25)(H,23,24)/t13-,17-/m0/s1. The molecule has 0 saturated carbocycles. The number of carbonyl (C=O) groups is 2. The van der Waals surface area contributed by atoms with Crippen molar-refractivity contribution in [2.45, 2.75) is 38.3 Å². The van der Waals surface area contributed by atoms with Gasteiger partial charge in [0.2, 0.25) is 11.8 Å². The molecule has 134 valence electrons. The first kappa shape index (κ1) is 18.9. The Kier molecular flexibility index (Phi) is 6.91. The van der Waals surface area contributed by atoms with Crippen molar-refractivity contribution in [3.8, 4) is 0 Å². The number of unbranched alkanes of at least 4 members (excludes halogenated alkanes) is 1. The average Bonchev–Trinajstić information content (AvgIpc) is 2.61. The monoisotopic (exact) mass is 342 g/mol. The van der Waals surface area contributed by atoms with E-state index in [0.717, 1.165) is 23.6 Å². The van der Waals surface area contributed by atoms with Crippen molar-refractivity contribution in [1.82, 2.24) is 5.32 Å². The highest BCUT2D eigenvalue weighted by Crippen LogP contribution is 2.18. The van der Waals surface area contributed by atoms with Gasteiger partial charge < -0.3 is 22.1 Å². The summed E-state index contributed by atoms with van der Waals surface area (Å²) < 4.78 is 0. The Morgan fingerprint density at radius 2 is 1.76 bits per heavy atom. The third-order valence-electron chi connectivity index (χ3n) is 4.08. The second kappa shape index (κ2) is 9.15. The van der Waals surface area contributed by atoms with Crippen molar-refractivity contribution in [2.75, 3.05) is 11.9 Å². The van der Waals surface area contributed by atoms with Crippen LogP contribution in [0.3, 0.4) is 0 Å². The molecule has 0 saturated heterocycles. The van der Waals surface area contributed by atoms with Crippen molar-refractivity contribution in [3.63, 3.8) is 0 Å². The number of rotatable bonds is 8. The molecule has 2 rings (SSSR count). The average molecular weight is 342 g/mol. The van der Waals surface area contributed by atoms with E-state index in [1.807, 2.05) is 42.5 Å². The lowest BCUT2D eigenvalue weighted by molar-refractivity contribution is -0.127. The van der Waals surface area contributed by atoms with Crippen molar-refractivity contribution in [2.24, 2.45) is 11.5 Å². The lowest BCUT2D eigenvalue weighted by Gasteiger charge is -2.17. The maximum atomic E-state index is 12.3. The zero-order valence-corrected chi connectivity index (χ0v) is 14.5. The molecule has 0 aliphatic rings. The molecule has 6 N–H and O–H groups in total. The summed E-state index contributed by atoms with van der Waals surface area (Å²) in [5.74, 6) is -0.601. The van der Waals surface area contributed by atoms with Crippen molar-refractivity contribution in [3.05, 3.63) is 42.5 Å². The van der Waals surface area contributed by atoms with E-state index < -0.39 is 12.1 Å². The normalized spacial score (nSPS) is 13.2. The lowest BCUT2D eigenvalue weighted by atomic mass is 10.1. The fourth-order valence-corrected chi connectivity index (χ4v) is 2.54. The van der Waals surface area contributed by atoms with Crippen LogP contribution in [0.5, 0.6) is 0 Å². The van der Waals surface area contributed by atoms with Crippen molar-refractivity contribution in [1.29, 1.82) is 0 Å². The van der Waals surface area contributed by atoms with Gasteiger partial charge in [-0.2, -0.15) is 0 Å². The number of benzene rings is 2. The molecular weight excluding hydrogens is 316 g/mol. The summed E-state index contributed by atoms with van der Waals surface area (Å²) >= 11 is 0. The summed E-state index contributed by atoms with van der Waals surface area (Å²) in [7, 11) is 0. The quantitative estimate of drug-likeness (QED) is 0.548. The zero-order valence-electron chi connectivity index (χ0n) is 14.5. The number of carbonyl (C=O) groups excluding carboxylic acids is 2. The molecule has 25 heavy (non-hydrogen) atoms. The van der Waals surface area contributed by atoms with Crippen LogP contribution < -0.4 is 22.1 Å². The van der Waals surface area contributed by atoms with Crippen LogP contribution >= 0.6 is 0 Å². The number of nitrogens with two attached hydrogens (primary N) is 2. The highest BCUT2D eigenvalue weighted by molar-refractivity contribution is 5.99. The smallest absolute Gasteiger partial charge is 0.246 e. The fourth-order valence-electron chi connectivity index (χ4n) is 2.54. The van der Waals surface area contributed by atoms with Crippen LogP contribution in [0.4, 0.5) is 5.69 Å². The largest absolute Gasteiger partial charge is 0.343 e. The summed E-state index contributed by atoms with van der Waals surface area (Å²) in [6.45, 7) is 2.22. The van der Waals surface area contributed by atoms with Gasteiger partial charge in [0.1, 0.15) is 6.04 Å². The minimum Gasteiger partial charge on any atom is -0.343 e. The summed E-state index contributed by atoms with van der Waals surface area (Å²) in [6, 6.07) is 12.3. The molecule has 0 unspecified atom stereocenters. The summed E-state index contributed by atoms with van der Waals surface area (Å²) in [5, 5.41) is 7.62. The molecule has 6 nitrogen and oxygen atoms in total. The van der Waals surface area contributed by atoms with Crippen molar-refractivity contribution < 1.29 is 9.59 Å². The van der Waals surface area contributed by atoms with E-state index in [2.05, 4.69) is 10.6 Å². The Morgan fingerprint density at radius 1 is 1.04 bits per heavy atom. The molecule has 0 aromatic heterocycles. The third kappa shape index (κ3) is 5.55. The Labute approximate surface area is 148 Å². The van der Waals surface area contributed by atoms with Crippen LogP contribution in [-0.4, -0.2) is 30.4 Å². The van der Waals surface area contributed by atoms with E-state index in [1.54, 1.807) is 6.92 Å². The fraction of sp³-hybridized carbons (Fsp3) is 0.368. The van der Waals surface area contributed by atoms with E-state index in [9.17, 15) is 9.59 Å². The topological polar surface area (TPSA) is 110 Å². The van der Waals surface area contributed by atoms with E-state index in [0.29, 0.717) is 18.7 Å². The Bertz CT molecular complexity index is 732. The molecule has 2 aromatic rings. The number of fused-ring (bicyclic) bond motifs is 1. The van der Waals surface area contributed by atoms with Crippen LogP contribution in [0.2, 0.25) is 0 Å². The molecule has 0 aliphatic carbocycles. The molecule has 0 aliphatic heterocycles. The highest BCUT2D eigenvalue weighted by Gasteiger charge is 2.19. The van der Waals surface area contributed by atoms with Crippen LogP contribution in [0.25, 0.3) is 10.8 Å². The summed E-state index contributed by atoms with van der Waals surface area (Å²) in [4.78, 5) is 24.3. The van der Waals surface area contributed by atoms with Gasteiger partial charge in [-0.3, -0.25) is 9.59 Å². The molecule has 0 fully saturated rings. The zero-order chi connectivity index (χ0) is 18.2. The van der Waals surface area contributed by atoms with Crippen LogP contribution in [-0.2, 0) is 9.59 Å². The minimum absolute atomic E-state index is 0.280. The first-order chi connectivity index (χ1) is 12.0. The van der Waals surface area contributed by atoms with E-state index in [-0.39, 0.29) is 11.8 Å². The molecule has 0 radical (unpaired) electrons. The Morgan fingerprint density at radius 3 is 2.48 bits per heavy atom. The molecule has 0 spiro atoms. The third-order valence-corrected chi connectivity index (χ3v) is 4.08. The lowest BCUT2D eigenvalue weighted by Crippen LogP contribution is -2.48. The van der Waals surface area contributed by atoms with Crippen LogP contribution in [0, 0.1) is 0 Å². The van der Waals surface area contributed by atoms with Gasteiger partial charge in [-0.25, -0.2) is 0 Å². The second-order valence-corrected chi connectivity index (χ2v) is 6.17. The molecule has 0 heterocycles. The van der Waals surface area contributed by atoms with Gasteiger partial charge in [-0.05, 0) is 49.2 Å². The number of hydrogen-bond donors (Lipinski definition) is 4. The molecule has 2 atom stereocenters.